The van der Waals surface area contributed by atoms with Gasteiger partial charge in [0, 0.05) is 24.4 Å². The van der Waals surface area contributed by atoms with Gasteiger partial charge in [0.15, 0.2) is 0 Å². The highest BCUT2D eigenvalue weighted by molar-refractivity contribution is 6.11. The minimum atomic E-state index is -0.576. The summed E-state index contributed by atoms with van der Waals surface area (Å²) < 4.78 is 5.65. The average molecular weight is 412 g/mol. The first-order valence-corrected chi connectivity index (χ1v) is 9.24. The van der Waals surface area contributed by atoms with Gasteiger partial charge in [-0.25, -0.2) is 0 Å². The molecule has 0 bridgehead atoms. The third-order valence-electron chi connectivity index (χ3n) is 4.39. The van der Waals surface area contributed by atoms with Crippen molar-refractivity contribution in [3.63, 3.8) is 0 Å². The Hall–Kier alpha value is -4.69. The van der Waals surface area contributed by atoms with Gasteiger partial charge in [-0.15, -0.1) is 0 Å². The molecule has 8 nitrogen and oxygen atoms in total. The van der Waals surface area contributed by atoms with E-state index < -0.39 is 10.8 Å². The maximum Gasteiger partial charge on any atom is 0.280 e. The molecule has 8 heteroatoms. The molecular weight excluding hydrogens is 396 g/mol. The highest BCUT2D eigenvalue weighted by Gasteiger charge is 2.21. The Bertz CT molecular complexity index is 1220. The van der Waals surface area contributed by atoms with Crippen molar-refractivity contribution in [3.05, 3.63) is 88.2 Å². The lowest BCUT2D eigenvalue weighted by molar-refractivity contribution is -0.384. The highest BCUT2D eigenvalue weighted by atomic mass is 16.6. The maximum absolute atomic E-state index is 13.0. The fraction of sp³-hybridized carbons (Fsp3) is 0.0870. The molecule has 0 N–H and O–H groups in total. The third kappa shape index (κ3) is 4.84. The molecule has 0 aliphatic heterocycles. The van der Waals surface area contributed by atoms with Gasteiger partial charge in [0.2, 0.25) is 0 Å². The van der Waals surface area contributed by atoms with Gasteiger partial charge in [0.1, 0.15) is 23.2 Å². The number of amides is 1. The van der Waals surface area contributed by atoms with E-state index in [0.717, 1.165) is 0 Å². The van der Waals surface area contributed by atoms with Crippen molar-refractivity contribution >= 4 is 23.4 Å². The molecule has 0 radical (unpaired) electrons. The van der Waals surface area contributed by atoms with Crippen LogP contribution in [0.25, 0.3) is 17.4 Å². The van der Waals surface area contributed by atoms with Crippen LogP contribution in [-0.4, -0.2) is 17.4 Å². The van der Waals surface area contributed by atoms with Gasteiger partial charge in [0.05, 0.1) is 23.0 Å². The van der Waals surface area contributed by atoms with Gasteiger partial charge in [-0.3, -0.25) is 14.9 Å². The summed E-state index contributed by atoms with van der Waals surface area (Å²) in [4.78, 5) is 25.1. The van der Waals surface area contributed by atoms with Crippen LogP contribution in [0.4, 0.5) is 11.4 Å². The van der Waals surface area contributed by atoms with Crippen LogP contribution in [0.5, 0.6) is 0 Å². The minimum absolute atomic E-state index is 0.0991. The number of anilines is 1. The second kappa shape index (κ2) is 9.68. The normalized spacial score (nSPS) is 10.7. The summed E-state index contributed by atoms with van der Waals surface area (Å²) in [7, 11) is 0. The molecule has 1 amide bonds. The number of carbonyl (C=O) groups is 1. The first kappa shape index (κ1) is 21.0. The number of benzene rings is 2. The number of furan rings is 1. The van der Waals surface area contributed by atoms with E-state index in [4.69, 9.17) is 9.68 Å². The van der Waals surface area contributed by atoms with Crippen LogP contribution in [0.3, 0.4) is 0 Å². The smallest absolute Gasteiger partial charge is 0.280 e. The Labute approximate surface area is 178 Å². The van der Waals surface area contributed by atoms with Crippen LogP contribution in [0.15, 0.2) is 76.7 Å². The van der Waals surface area contributed by atoms with Crippen molar-refractivity contribution in [2.24, 2.45) is 0 Å². The summed E-state index contributed by atoms with van der Waals surface area (Å²) in [5, 5.41) is 29.7. The van der Waals surface area contributed by atoms with Crippen molar-refractivity contribution in [1.29, 1.82) is 10.5 Å². The van der Waals surface area contributed by atoms with E-state index in [1.165, 1.54) is 29.2 Å². The molecule has 0 saturated carbocycles. The number of nitrogens with zero attached hydrogens (tertiary/aromatic N) is 4. The summed E-state index contributed by atoms with van der Waals surface area (Å²) >= 11 is 0. The number of nitriles is 2. The number of hydrogen-bond acceptors (Lipinski definition) is 6. The van der Waals surface area contributed by atoms with Gasteiger partial charge < -0.3 is 9.32 Å². The number of carbonyl (C=O) groups excluding carboxylic acids is 1. The number of hydrogen-bond donors (Lipinski definition) is 0. The lowest BCUT2D eigenvalue weighted by Crippen LogP contribution is -2.32. The Morgan fingerprint density at radius 3 is 2.45 bits per heavy atom. The molecule has 31 heavy (non-hydrogen) atoms. The van der Waals surface area contributed by atoms with Crippen molar-refractivity contribution in [3.8, 4) is 23.5 Å². The molecular formula is C23H16N4O4. The van der Waals surface area contributed by atoms with E-state index >= 15 is 0 Å². The van der Waals surface area contributed by atoms with Crippen LogP contribution >= 0.6 is 0 Å². The zero-order valence-electron chi connectivity index (χ0n) is 16.3. The quantitative estimate of drug-likeness (QED) is 0.239. The van der Waals surface area contributed by atoms with Crippen LogP contribution in [0.2, 0.25) is 0 Å². The molecule has 152 valence electrons. The largest absolute Gasteiger partial charge is 0.456 e. The topological polar surface area (TPSA) is 124 Å². The van der Waals surface area contributed by atoms with Crippen molar-refractivity contribution in [1.82, 2.24) is 0 Å². The van der Waals surface area contributed by atoms with Crippen LogP contribution in [0, 0.1) is 32.8 Å². The number of nitro groups is 1. The molecule has 0 spiro atoms. The Kier molecular flexibility index (Phi) is 6.57. The SMILES string of the molecule is N#CCCN(C(=O)/C(C#N)=C/c1ccc(-c2ccccc2[N+](=O)[O-])o1)c1ccccc1. The first-order chi connectivity index (χ1) is 15.0. The Balaban J connectivity index is 1.93. The standard InChI is InChI=1S/C23H16N4O4/c24-13-6-14-26(18-7-2-1-3-8-18)23(28)17(16-25)15-19-11-12-22(31-19)20-9-4-5-10-21(20)27(29)30/h1-5,7-12,15H,6,14H2/b17-15+. The van der Waals surface area contributed by atoms with E-state index in [-0.39, 0.29) is 41.3 Å². The van der Waals surface area contributed by atoms with Crippen LogP contribution in [0.1, 0.15) is 12.2 Å². The summed E-state index contributed by atoms with van der Waals surface area (Å²) in [5.41, 5.74) is 0.543. The molecule has 0 atom stereocenters. The fourth-order valence-corrected chi connectivity index (χ4v) is 2.96. The number of nitro benzene ring substituents is 1. The van der Waals surface area contributed by atoms with E-state index in [2.05, 4.69) is 0 Å². The third-order valence-corrected chi connectivity index (χ3v) is 4.39. The Morgan fingerprint density at radius 2 is 1.77 bits per heavy atom. The molecule has 3 aromatic rings. The molecule has 0 aliphatic carbocycles. The minimum Gasteiger partial charge on any atom is -0.456 e. The van der Waals surface area contributed by atoms with Gasteiger partial charge in [0.25, 0.3) is 11.6 Å². The molecule has 2 aromatic carbocycles. The van der Waals surface area contributed by atoms with E-state index in [1.54, 1.807) is 48.5 Å². The average Bonchev–Trinajstić information content (AvgIpc) is 3.26. The summed E-state index contributed by atoms with van der Waals surface area (Å²) in [6, 6.07) is 21.8. The van der Waals surface area contributed by atoms with Crippen molar-refractivity contribution < 1.29 is 14.1 Å². The van der Waals surface area contributed by atoms with Crippen LogP contribution in [-0.2, 0) is 4.79 Å². The van der Waals surface area contributed by atoms with Gasteiger partial charge in [-0.05, 0) is 30.3 Å². The molecule has 0 aliphatic rings. The predicted octanol–water partition coefficient (Wildman–Crippen LogP) is 4.71. The van der Waals surface area contributed by atoms with Crippen molar-refractivity contribution in [2.45, 2.75) is 6.42 Å². The van der Waals surface area contributed by atoms with Gasteiger partial charge in [-0.2, -0.15) is 10.5 Å². The molecule has 0 unspecified atom stereocenters. The van der Waals surface area contributed by atoms with E-state index in [0.29, 0.717) is 5.69 Å². The fourth-order valence-electron chi connectivity index (χ4n) is 2.96. The zero-order chi connectivity index (χ0) is 22.2. The zero-order valence-corrected chi connectivity index (χ0v) is 16.3. The predicted molar refractivity (Wildman–Crippen MR) is 113 cm³/mol. The molecule has 1 heterocycles. The summed E-state index contributed by atoms with van der Waals surface area (Å²) in [5.74, 6) is -0.133. The maximum atomic E-state index is 13.0. The molecule has 0 saturated heterocycles. The lowest BCUT2D eigenvalue weighted by Gasteiger charge is -2.21. The monoisotopic (exact) mass is 412 g/mol. The first-order valence-electron chi connectivity index (χ1n) is 9.24. The van der Waals surface area contributed by atoms with Gasteiger partial charge in [-0.1, -0.05) is 30.3 Å². The lowest BCUT2D eigenvalue weighted by atomic mass is 10.1. The summed E-state index contributed by atoms with van der Waals surface area (Å²) in [6.07, 6.45) is 1.38. The second-order valence-corrected chi connectivity index (χ2v) is 6.35. The highest BCUT2D eigenvalue weighted by Crippen LogP contribution is 2.31. The molecule has 1 aromatic heterocycles. The van der Waals surface area contributed by atoms with E-state index in [1.807, 2.05) is 12.1 Å². The van der Waals surface area contributed by atoms with Crippen LogP contribution < -0.4 is 4.90 Å². The second-order valence-electron chi connectivity index (χ2n) is 6.35. The number of rotatable bonds is 7. The van der Waals surface area contributed by atoms with E-state index in [9.17, 15) is 20.2 Å². The Morgan fingerprint density at radius 1 is 1.06 bits per heavy atom. The van der Waals surface area contributed by atoms with Crippen molar-refractivity contribution in [2.75, 3.05) is 11.4 Å². The van der Waals surface area contributed by atoms with Gasteiger partial charge >= 0.3 is 0 Å². The number of para-hydroxylation sites is 2. The molecule has 3 rings (SSSR count). The molecule has 0 fully saturated rings. The summed E-state index contributed by atoms with van der Waals surface area (Å²) in [6.45, 7) is 0.123.